The zero-order valence-corrected chi connectivity index (χ0v) is 11.7. The van der Waals surface area contributed by atoms with Crippen molar-refractivity contribution in [3.05, 3.63) is 35.9 Å². The van der Waals surface area contributed by atoms with E-state index in [1.165, 1.54) is 5.56 Å². The van der Waals surface area contributed by atoms with Gasteiger partial charge >= 0.3 is 0 Å². The van der Waals surface area contributed by atoms with Gasteiger partial charge in [-0.25, -0.2) is 0 Å². The van der Waals surface area contributed by atoms with E-state index in [2.05, 4.69) is 36.5 Å². The fourth-order valence-corrected chi connectivity index (χ4v) is 1.80. The first-order valence-electron chi connectivity index (χ1n) is 6.75. The Balaban J connectivity index is 2.43. The van der Waals surface area contributed by atoms with Gasteiger partial charge in [-0.15, -0.1) is 0 Å². The molecule has 0 saturated heterocycles. The van der Waals surface area contributed by atoms with E-state index in [0.29, 0.717) is 13.2 Å². The zero-order valence-electron chi connectivity index (χ0n) is 11.7. The van der Waals surface area contributed by atoms with Crippen LogP contribution >= 0.6 is 0 Å². The topological polar surface area (TPSA) is 30.5 Å². The van der Waals surface area contributed by atoms with Crippen LogP contribution in [-0.2, 0) is 9.47 Å². The molecule has 0 saturated carbocycles. The van der Waals surface area contributed by atoms with Crippen LogP contribution in [0.5, 0.6) is 0 Å². The van der Waals surface area contributed by atoms with Gasteiger partial charge in [0, 0.05) is 6.61 Å². The highest BCUT2D eigenvalue weighted by atomic mass is 16.5. The van der Waals surface area contributed by atoms with Gasteiger partial charge in [0.15, 0.2) is 0 Å². The molecule has 1 aromatic rings. The average Bonchev–Trinajstić information content (AvgIpc) is 2.42. The lowest BCUT2D eigenvalue weighted by molar-refractivity contribution is -0.0115. The van der Waals surface area contributed by atoms with E-state index in [1.807, 2.05) is 19.9 Å². The van der Waals surface area contributed by atoms with Gasteiger partial charge in [0.05, 0.1) is 25.4 Å². The van der Waals surface area contributed by atoms with Crippen LogP contribution < -0.4 is 5.32 Å². The second-order valence-corrected chi connectivity index (χ2v) is 4.32. The van der Waals surface area contributed by atoms with E-state index in [1.54, 1.807) is 0 Å². The number of nitrogens with one attached hydrogen (secondary N) is 1. The predicted molar refractivity (Wildman–Crippen MR) is 74.8 cm³/mol. The molecule has 0 heterocycles. The second-order valence-electron chi connectivity index (χ2n) is 4.32. The fourth-order valence-electron chi connectivity index (χ4n) is 1.80. The average molecular weight is 251 g/mol. The number of hydrogen-bond donors (Lipinski definition) is 1. The van der Waals surface area contributed by atoms with Crippen LogP contribution in [0.1, 0.15) is 32.4 Å². The second kappa shape index (κ2) is 9.09. The molecular formula is C15H25NO2. The molecule has 2 atom stereocenters. The van der Waals surface area contributed by atoms with Gasteiger partial charge in [-0.3, -0.25) is 0 Å². The highest BCUT2D eigenvalue weighted by Crippen LogP contribution is 2.13. The van der Waals surface area contributed by atoms with Gasteiger partial charge in [0.25, 0.3) is 0 Å². The Bertz CT molecular complexity index is 303. The molecule has 0 aromatic heterocycles. The Hall–Kier alpha value is -0.900. The third-order valence-electron chi connectivity index (χ3n) is 2.76. The third kappa shape index (κ3) is 5.63. The summed E-state index contributed by atoms with van der Waals surface area (Å²) in [4.78, 5) is 0. The minimum atomic E-state index is 0.134. The summed E-state index contributed by atoms with van der Waals surface area (Å²) in [6.45, 7) is 9.16. The number of hydrogen-bond acceptors (Lipinski definition) is 3. The molecule has 1 rings (SSSR count). The van der Waals surface area contributed by atoms with Gasteiger partial charge in [0.2, 0.25) is 0 Å². The smallest absolute Gasteiger partial charge is 0.0781 e. The summed E-state index contributed by atoms with van der Waals surface area (Å²) in [6, 6.07) is 10.7. The zero-order chi connectivity index (χ0) is 13.2. The SMILES string of the molecule is CCNC(COC(C)COCC)c1ccccc1. The molecule has 1 N–H and O–H groups in total. The van der Waals surface area contributed by atoms with Crippen LogP contribution in [0.3, 0.4) is 0 Å². The Kier molecular flexibility index (Phi) is 7.65. The standard InChI is InChI=1S/C15H25NO2/c1-4-16-15(14-9-7-6-8-10-14)12-18-13(3)11-17-5-2/h6-10,13,15-16H,4-5,11-12H2,1-3H3. The monoisotopic (exact) mass is 251 g/mol. The third-order valence-corrected chi connectivity index (χ3v) is 2.76. The molecule has 0 aliphatic heterocycles. The molecule has 0 radical (unpaired) electrons. The van der Waals surface area contributed by atoms with E-state index < -0.39 is 0 Å². The Morgan fingerprint density at radius 1 is 1.11 bits per heavy atom. The normalized spacial score (nSPS) is 14.4. The van der Waals surface area contributed by atoms with Crippen molar-refractivity contribution in [2.24, 2.45) is 0 Å². The van der Waals surface area contributed by atoms with E-state index in [4.69, 9.17) is 9.47 Å². The summed E-state index contributed by atoms with van der Waals surface area (Å²) in [6.07, 6.45) is 0.134. The van der Waals surface area contributed by atoms with Crippen LogP contribution in [0.25, 0.3) is 0 Å². The Morgan fingerprint density at radius 3 is 2.44 bits per heavy atom. The largest absolute Gasteiger partial charge is 0.379 e. The van der Waals surface area contributed by atoms with Crippen LogP contribution in [0.15, 0.2) is 30.3 Å². The van der Waals surface area contributed by atoms with Crippen LogP contribution in [0.2, 0.25) is 0 Å². The predicted octanol–water partition coefficient (Wildman–Crippen LogP) is 2.78. The summed E-state index contributed by atoms with van der Waals surface area (Å²) in [7, 11) is 0. The van der Waals surface area contributed by atoms with Crippen molar-refractivity contribution in [3.63, 3.8) is 0 Å². The first-order valence-corrected chi connectivity index (χ1v) is 6.75. The Morgan fingerprint density at radius 2 is 1.83 bits per heavy atom. The van der Waals surface area contributed by atoms with Gasteiger partial charge in [0.1, 0.15) is 0 Å². The molecule has 3 nitrogen and oxygen atoms in total. The van der Waals surface area contributed by atoms with Crippen molar-refractivity contribution in [2.75, 3.05) is 26.4 Å². The van der Waals surface area contributed by atoms with Crippen LogP contribution in [-0.4, -0.2) is 32.5 Å². The molecule has 2 unspecified atom stereocenters. The van der Waals surface area contributed by atoms with Crippen LogP contribution in [0.4, 0.5) is 0 Å². The van der Waals surface area contributed by atoms with Crippen molar-refractivity contribution < 1.29 is 9.47 Å². The van der Waals surface area contributed by atoms with Crippen molar-refractivity contribution >= 4 is 0 Å². The number of likely N-dealkylation sites (N-methyl/N-ethyl adjacent to an activating group) is 1. The van der Waals surface area contributed by atoms with Crippen molar-refractivity contribution in [2.45, 2.75) is 32.9 Å². The van der Waals surface area contributed by atoms with E-state index in [0.717, 1.165) is 13.2 Å². The lowest BCUT2D eigenvalue weighted by Gasteiger charge is -2.21. The maximum absolute atomic E-state index is 5.83. The lowest BCUT2D eigenvalue weighted by Crippen LogP contribution is -2.28. The summed E-state index contributed by atoms with van der Waals surface area (Å²) in [5.41, 5.74) is 1.27. The molecule has 0 spiro atoms. The molecule has 1 aromatic carbocycles. The summed E-state index contributed by atoms with van der Waals surface area (Å²) in [5, 5.41) is 3.44. The van der Waals surface area contributed by atoms with E-state index >= 15 is 0 Å². The van der Waals surface area contributed by atoms with Gasteiger partial charge in [-0.2, -0.15) is 0 Å². The van der Waals surface area contributed by atoms with Crippen molar-refractivity contribution in [3.8, 4) is 0 Å². The molecule has 0 aliphatic carbocycles. The maximum Gasteiger partial charge on any atom is 0.0781 e. The van der Waals surface area contributed by atoms with Gasteiger partial charge in [-0.1, -0.05) is 37.3 Å². The minimum absolute atomic E-state index is 0.134. The molecule has 0 amide bonds. The summed E-state index contributed by atoms with van der Waals surface area (Å²) < 4.78 is 11.2. The number of rotatable bonds is 9. The molecule has 0 aliphatic rings. The fraction of sp³-hybridized carbons (Fsp3) is 0.600. The highest BCUT2D eigenvalue weighted by Gasteiger charge is 2.12. The quantitative estimate of drug-likeness (QED) is 0.732. The van der Waals surface area contributed by atoms with E-state index in [-0.39, 0.29) is 12.1 Å². The molecule has 102 valence electrons. The first-order chi connectivity index (χ1) is 8.77. The highest BCUT2D eigenvalue weighted by molar-refractivity contribution is 5.18. The molecule has 0 bridgehead atoms. The lowest BCUT2D eigenvalue weighted by atomic mass is 10.1. The molecular weight excluding hydrogens is 226 g/mol. The van der Waals surface area contributed by atoms with Gasteiger partial charge < -0.3 is 14.8 Å². The minimum Gasteiger partial charge on any atom is -0.379 e. The van der Waals surface area contributed by atoms with Crippen LogP contribution in [0, 0.1) is 0 Å². The van der Waals surface area contributed by atoms with Crippen molar-refractivity contribution in [1.29, 1.82) is 0 Å². The molecule has 18 heavy (non-hydrogen) atoms. The Labute approximate surface area is 110 Å². The summed E-state index contributed by atoms with van der Waals surface area (Å²) >= 11 is 0. The first kappa shape index (κ1) is 15.2. The molecule has 0 fully saturated rings. The van der Waals surface area contributed by atoms with Gasteiger partial charge in [-0.05, 0) is 26.0 Å². The molecule has 3 heteroatoms. The summed E-state index contributed by atoms with van der Waals surface area (Å²) in [5.74, 6) is 0. The number of benzene rings is 1. The van der Waals surface area contributed by atoms with E-state index in [9.17, 15) is 0 Å². The maximum atomic E-state index is 5.83. The van der Waals surface area contributed by atoms with Crippen molar-refractivity contribution in [1.82, 2.24) is 5.32 Å². The number of ether oxygens (including phenoxy) is 2.